The van der Waals surface area contributed by atoms with Crippen LogP contribution in [0, 0.1) is 52.3 Å². The minimum absolute atomic E-state index is 0.144. The molecule has 0 heterocycles. The summed E-state index contributed by atoms with van der Waals surface area (Å²) in [5.74, 6) is 4.45. The van der Waals surface area contributed by atoms with Gasteiger partial charge in [-0.3, -0.25) is 0 Å². The van der Waals surface area contributed by atoms with Gasteiger partial charge in [-0.2, -0.15) is 0 Å². The molecule has 3 unspecified atom stereocenters. The molecule has 180 valence electrons. The lowest BCUT2D eigenvalue weighted by Crippen LogP contribution is -2.62. The Balaban J connectivity index is 1.55. The second-order valence-electron chi connectivity index (χ2n) is 12.9. The fourth-order valence-electron chi connectivity index (χ4n) is 10.0. The molecule has 11 atom stereocenters. The Kier molecular flexibility index (Phi) is 7.20. The van der Waals surface area contributed by atoms with E-state index in [0.717, 1.165) is 31.1 Å². The average molecular weight is 433 g/mol. The number of rotatable bonds is 7. The molecule has 0 aromatic heterocycles. The Morgan fingerprint density at radius 1 is 0.839 bits per heavy atom. The molecule has 4 saturated carbocycles. The van der Waals surface area contributed by atoms with Gasteiger partial charge in [-0.05, 0) is 97.2 Å². The van der Waals surface area contributed by atoms with Crippen LogP contribution in [0.2, 0.25) is 0 Å². The van der Waals surface area contributed by atoms with Crippen molar-refractivity contribution in [3.63, 3.8) is 0 Å². The van der Waals surface area contributed by atoms with Crippen molar-refractivity contribution in [1.82, 2.24) is 0 Å². The van der Waals surface area contributed by atoms with E-state index in [2.05, 4.69) is 34.6 Å². The summed E-state index contributed by atoms with van der Waals surface area (Å²) in [5.41, 5.74) is 0.761. The molecule has 2 nitrogen and oxygen atoms in total. The molecule has 0 radical (unpaired) electrons. The van der Waals surface area contributed by atoms with Crippen molar-refractivity contribution in [2.24, 2.45) is 52.3 Å². The summed E-state index contributed by atoms with van der Waals surface area (Å²) in [5, 5.41) is 22.3. The number of aliphatic hydroxyl groups excluding tert-OH is 2. The molecule has 4 aliphatic carbocycles. The van der Waals surface area contributed by atoms with Crippen molar-refractivity contribution in [3.8, 4) is 0 Å². The zero-order valence-electron chi connectivity index (χ0n) is 21.3. The number of fused-ring (bicyclic) bond motifs is 5. The number of unbranched alkanes of at least 4 members (excludes halogenated alkanes) is 3. The average Bonchev–Trinajstić information content (AvgIpc) is 3.10. The van der Waals surface area contributed by atoms with E-state index in [9.17, 15) is 10.2 Å². The number of hydrogen-bond donors (Lipinski definition) is 2. The minimum Gasteiger partial charge on any atom is -0.393 e. The lowest BCUT2D eigenvalue weighted by molar-refractivity contribution is -0.203. The first-order valence-electron chi connectivity index (χ1n) is 14.1. The molecular formula is C29H52O2. The molecule has 0 aromatic carbocycles. The van der Waals surface area contributed by atoms with E-state index >= 15 is 0 Å². The number of hydrogen-bond acceptors (Lipinski definition) is 2. The van der Waals surface area contributed by atoms with Gasteiger partial charge in [0.2, 0.25) is 0 Å². The molecule has 0 spiro atoms. The summed E-state index contributed by atoms with van der Waals surface area (Å²) in [6.07, 6.45) is 16.2. The Hall–Kier alpha value is -0.0800. The molecule has 0 bridgehead atoms. The smallest absolute Gasteiger partial charge is 0.0605 e. The van der Waals surface area contributed by atoms with Crippen LogP contribution in [0.1, 0.15) is 118 Å². The highest BCUT2D eigenvalue weighted by atomic mass is 16.3. The van der Waals surface area contributed by atoms with Crippen molar-refractivity contribution in [1.29, 1.82) is 0 Å². The van der Waals surface area contributed by atoms with Crippen LogP contribution in [0.25, 0.3) is 0 Å². The quantitative estimate of drug-likeness (QED) is 0.417. The van der Waals surface area contributed by atoms with Crippen LogP contribution in [0.4, 0.5) is 0 Å². The van der Waals surface area contributed by atoms with Crippen molar-refractivity contribution < 1.29 is 10.2 Å². The van der Waals surface area contributed by atoms with Gasteiger partial charge >= 0.3 is 0 Å². The molecule has 0 amide bonds. The van der Waals surface area contributed by atoms with E-state index in [0.29, 0.717) is 40.4 Å². The molecule has 4 fully saturated rings. The van der Waals surface area contributed by atoms with Crippen LogP contribution in [0.3, 0.4) is 0 Å². The predicted molar refractivity (Wildman–Crippen MR) is 130 cm³/mol. The summed E-state index contributed by atoms with van der Waals surface area (Å²) < 4.78 is 0. The molecule has 31 heavy (non-hydrogen) atoms. The second-order valence-corrected chi connectivity index (χ2v) is 12.9. The van der Waals surface area contributed by atoms with Gasteiger partial charge < -0.3 is 10.2 Å². The normalized spacial score (nSPS) is 50.4. The SMILES string of the molecule is CCCCCC[C@@H](C)[C@H]1CCC2C3C(CC[C@@]21C)[C@@]1(C)CC[C@@H](O)C[C@H]1[C@@H](CC)[C@H]3O. The zero-order valence-corrected chi connectivity index (χ0v) is 21.3. The summed E-state index contributed by atoms with van der Waals surface area (Å²) in [6.45, 7) is 12.3. The molecule has 2 heteroatoms. The second kappa shape index (κ2) is 9.28. The Labute approximate surface area is 193 Å². The first-order valence-corrected chi connectivity index (χ1v) is 14.1. The van der Waals surface area contributed by atoms with Crippen LogP contribution >= 0.6 is 0 Å². The molecule has 0 aromatic rings. The first-order chi connectivity index (χ1) is 14.8. The standard InChI is InChI=1S/C29H52O2/c1-6-8-9-10-11-19(3)22-12-13-23-26-24(15-17-28(22,23)4)29(5)16-14-20(30)18-25(29)21(7-2)27(26)31/h19-27,30-31H,6-18H2,1-5H3/t19-,20-,21-,22-,23?,24?,25+,26?,27-,28-,29-/m1/s1. The van der Waals surface area contributed by atoms with E-state index in [1.165, 1.54) is 64.2 Å². The third-order valence-electron chi connectivity index (χ3n) is 11.7. The molecule has 4 rings (SSSR count). The van der Waals surface area contributed by atoms with Gasteiger partial charge in [0.15, 0.2) is 0 Å². The van der Waals surface area contributed by atoms with Crippen LogP contribution in [-0.2, 0) is 0 Å². The van der Waals surface area contributed by atoms with Gasteiger partial charge in [0, 0.05) is 0 Å². The Morgan fingerprint density at radius 3 is 2.26 bits per heavy atom. The zero-order chi connectivity index (χ0) is 22.4. The highest BCUT2D eigenvalue weighted by Crippen LogP contribution is 2.69. The van der Waals surface area contributed by atoms with Gasteiger partial charge in [-0.15, -0.1) is 0 Å². The largest absolute Gasteiger partial charge is 0.393 e. The monoisotopic (exact) mass is 432 g/mol. The van der Waals surface area contributed by atoms with Gasteiger partial charge in [0.05, 0.1) is 12.2 Å². The van der Waals surface area contributed by atoms with E-state index in [1.807, 2.05) is 0 Å². The molecular weight excluding hydrogens is 380 g/mol. The molecule has 0 aliphatic heterocycles. The highest BCUT2D eigenvalue weighted by molar-refractivity contribution is 5.13. The van der Waals surface area contributed by atoms with Crippen LogP contribution < -0.4 is 0 Å². The third kappa shape index (κ3) is 3.94. The van der Waals surface area contributed by atoms with Crippen molar-refractivity contribution >= 4 is 0 Å². The van der Waals surface area contributed by atoms with Crippen molar-refractivity contribution in [3.05, 3.63) is 0 Å². The van der Waals surface area contributed by atoms with E-state index in [1.54, 1.807) is 0 Å². The topological polar surface area (TPSA) is 40.5 Å². The van der Waals surface area contributed by atoms with Gasteiger partial charge in [-0.25, -0.2) is 0 Å². The highest BCUT2D eigenvalue weighted by Gasteiger charge is 2.64. The third-order valence-corrected chi connectivity index (χ3v) is 11.7. The van der Waals surface area contributed by atoms with Crippen LogP contribution in [-0.4, -0.2) is 22.4 Å². The molecule has 2 N–H and O–H groups in total. The van der Waals surface area contributed by atoms with Crippen LogP contribution in [0.15, 0.2) is 0 Å². The number of aliphatic hydroxyl groups is 2. The first kappa shape index (κ1) is 24.1. The van der Waals surface area contributed by atoms with E-state index in [4.69, 9.17) is 0 Å². The fraction of sp³-hybridized carbons (Fsp3) is 1.00. The maximum atomic E-state index is 11.8. The fourth-order valence-corrected chi connectivity index (χ4v) is 10.0. The Bertz CT molecular complexity index is 604. The van der Waals surface area contributed by atoms with E-state index in [-0.39, 0.29) is 12.2 Å². The van der Waals surface area contributed by atoms with Crippen molar-refractivity contribution in [2.45, 2.75) is 130 Å². The molecule has 4 aliphatic rings. The summed E-state index contributed by atoms with van der Waals surface area (Å²) in [4.78, 5) is 0. The maximum Gasteiger partial charge on any atom is 0.0605 e. The van der Waals surface area contributed by atoms with Crippen LogP contribution in [0.5, 0.6) is 0 Å². The van der Waals surface area contributed by atoms with Crippen molar-refractivity contribution in [2.75, 3.05) is 0 Å². The summed E-state index contributed by atoms with van der Waals surface area (Å²) in [7, 11) is 0. The van der Waals surface area contributed by atoms with Gasteiger partial charge in [0.1, 0.15) is 0 Å². The molecule has 0 saturated heterocycles. The lowest BCUT2D eigenvalue weighted by atomic mass is 9.41. The maximum absolute atomic E-state index is 11.8. The van der Waals surface area contributed by atoms with E-state index < -0.39 is 0 Å². The summed E-state index contributed by atoms with van der Waals surface area (Å²) >= 11 is 0. The predicted octanol–water partition coefficient (Wildman–Crippen LogP) is 7.22. The van der Waals surface area contributed by atoms with Gasteiger partial charge in [-0.1, -0.05) is 73.1 Å². The van der Waals surface area contributed by atoms with Gasteiger partial charge in [0.25, 0.3) is 0 Å². The minimum atomic E-state index is -0.151. The Morgan fingerprint density at radius 2 is 1.55 bits per heavy atom. The lowest BCUT2D eigenvalue weighted by Gasteiger charge is -2.64. The summed E-state index contributed by atoms with van der Waals surface area (Å²) in [6, 6.07) is 0.